The molecule has 0 bridgehead atoms. The number of carbonyl (C=O) groups excluding carboxylic acids is 1. The molecule has 1 amide bonds. The van der Waals surface area contributed by atoms with Gasteiger partial charge in [0.2, 0.25) is 5.91 Å². The Hall–Kier alpha value is -1.14. The van der Waals surface area contributed by atoms with Crippen LogP contribution in [0.15, 0.2) is 0 Å². The number of amides is 1. The van der Waals surface area contributed by atoms with Gasteiger partial charge >= 0.3 is 5.97 Å². The monoisotopic (exact) mass is 232 g/mol. The van der Waals surface area contributed by atoms with Gasteiger partial charge < -0.3 is 20.8 Å². The maximum atomic E-state index is 11.1. The average Bonchev–Trinajstić information content (AvgIpc) is 2.21. The highest BCUT2D eigenvalue weighted by atomic mass is 16.4. The Morgan fingerprint density at radius 3 is 2.44 bits per heavy atom. The van der Waals surface area contributed by atoms with Crippen molar-refractivity contribution in [3.63, 3.8) is 0 Å². The van der Waals surface area contributed by atoms with E-state index in [-0.39, 0.29) is 18.9 Å². The van der Waals surface area contributed by atoms with E-state index in [1.807, 2.05) is 6.92 Å². The number of rotatable bonds is 8. The summed E-state index contributed by atoms with van der Waals surface area (Å²) < 4.78 is 0. The SMILES string of the molecule is CCCNC(=O)CCNCC(C)(O)C(=O)O. The van der Waals surface area contributed by atoms with Crippen molar-refractivity contribution in [2.45, 2.75) is 32.3 Å². The van der Waals surface area contributed by atoms with Crippen molar-refractivity contribution in [1.29, 1.82) is 0 Å². The highest BCUT2D eigenvalue weighted by molar-refractivity contribution is 5.77. The first-order chi connectivity index (χ1) is 7.40. The summed E-state index contributed by atoms with van der Waals surface area (Å²) in [7, 11) is 0. The molecule has 4 N–H and O–H groups in total. The summed E-state index contributed by atoms with van der Waals surface area (Å²) in [6.45, 7) is 4.08. The molecule has 0 aromatic heterocycles. The van der Waals surface area contributed by atoms with Gasteiger partial charge in [-0.3, -0.25) is 4.79 Å². The van der Waals surface area contributed by atoms with Gasteiger partial charge in [0, 0.05) is 26.1 Å². The van der Waals surface area contributed by atoms with Crippen LogP contribution in [0.25, 0.3) is 0 Å². The topological polar surface area (TPSA) is 98.7 Å². The first-order valence-electron chi connectivity index (χ1n) is 5.33. The molecule has 0 aromatic carbocycles. The van der Waals surface area contributed by atoms with E-state index in [1.54, 1.807) is 0 Å². The van der Waals surface area contributed by atoms with Crippen LogP contribution in [0.2, 0.25) is 0 Å². The highest BCUT2D eigenvalue weighted by Gasteiger charge is 2.28. The summed E-state index contributed by atoms with van der Waals surface area (Å²) in [5, 5.41) is 23.4. The molecule has 0 aliphatic rings. The number of hydrogen-bond donors (Lipinski definition) is 4. The second-order valence-corrected chi connectivity index (χ2v) is 3.86. The van der Waals surface area contributed by atoms with Crippen LogP contribution in [0.4, 0.5) is 0 Å². The second-order valence-electron chi connectivity index (χ2n) is 3.86. The largest absolute Gasteiger partial charge is 0.479 e. The molecule has 0 fully saturated rings. The summed E-state index contributed by atoms with van der Waals surface area (Å²) >= 11 is 0. The number of carboxylic acids is 1. The van der Waals surface area contributed by atoms with Crippen LogP contribution in [-0.2, 0) is 9.59 Å². The van der Waals surface area contributed by atoms with Crippen LogP contribution in [0.5, 0.6) is 0 Å². The molecule has 0 rings (SSSR count). The molecule has 94 valence electrons. The minimum atomic E-state index is -1.79. The van der Waals surface area contributed by atoms with E-state index in [0.717, 1.165) is 6.42 Å². The first-order valence-corrected chi connectivity index (χ1v) is 5.33. The number of carboxylic acid groups (broad SMARTS) is 1. The number of hydrogen-bond acceptors (Lipinski definition) is 4. The minimum absolute atomic E-state index is 0.0793. The van der Waals surface area contributed by atoms with E-state index < -0.39 is 11.6 Å². The Kier molecular flexibility index (Phi) is 6.67. The molecule has 0 aliphatic carbocycles. The molecular formula is C10H20N2O4. The Morgan fingerprint density at radius 1 is 1.31 bits per heavy atom. The molecule has 0 spiro atoms. The minimum Gasteiger partial charge on any atom is -0.479 e. The molecule has 1 atom stereocenters. The van der Waals surface area contributed by atoms with Crippen LogP contribution >= 0.6 is 0 Å². The van der Waals surface area contributed by atoms with Crippen LogP contribution < -0.4 is 10.6 Å². The van der Waals surface area contributed by atoms with Gasteiger partial charge in [0.15, 0.2) is 5.60 Å². The van der Waals surface area contributed by atoms with Crippen molar-refractivity contribution in [3.05, 3.63) is 0 Å². The molecule has 0 heterocycles. The smallest absolute Gasteiger partial charge is 0.336 e. The Morgan fingerprint density at radius 2 is 1.94 bits per heavy atom. The Labute approximate surface area is 95.0 Å². The van der Waals surface area contributed by atoms with E-state index in [9.17, 15) is 14.7 Å². The summed E-state index contributed by atoms with van der Waals surface area (Å²) in [4.78, 5) is 21.7. The van der Waals surface area contributed by atoms with Gasteiger partial charge in [-0.05, 0) is 13.3 Å². The van der Waals surface area contributed by atoms with Crippen molar-refractivity contribution >= 4 is 11.9 Å². The zero-order chi connectivity index (χ0) is 12.6. The molecule has 0 radical (unpaired) electrons. The summed E-state index contributed by atoms with van der Waals surface area (Å²) in [5.41, 5.74) is -1.79. The fourth-order valence-corrected chi connectivity index (χ4v) is 0.962. The first kappa shape index (κ1) is 14.9. The molecule has 6 nitrogen and oxygen atoms in total. The van der Waals surface area contributed by atoms with Gasteiger partial charge in [-0.2, -0.15) is 0 Å². The molecule has 0 aromatic rings. The van der Waals surface area contributed by atoms with E-state index in [2.05, 4.69) is 10.6 Å². The zero-order valence-corrected chi connectivity index (χ0v) is 9.75. The second kappa shape index (κ2) is 7.19. The van der Waals surface area contributed by atoms with Crippen LogP contribution in [0.1, 0.15) is 26.7 Å². The Balaban J connectivity index is 3.60. The van der Waals surface area contributed by atoms with Gasteiger partial charge in [0.05, 0.1) is 0 Å². The van der Waals surface area contributed by atoms with Crippen molar-refractivity contribution in [2.24, 2.45) is 0 Å². The third kappa shape index (κ3) is 6.36. The van der Waals surface area contributed by atoms with Gasteiger partial charge in [-0.1, -0.05) is 6.92 Å². The molecule has 6 heteroatoms. The molecule has 16 heavy (non-hydrogen) atoms. The molecule has 0 aliphatic heterocycles. The lowest BCUT2D eigenvalue weighted by Crippen LogP contribution is -2.45. The predicted octanol–water partition coefficient (Wildman–Crippen LogP) is -0.672. The normalized spacial score (nSPS) is 14.2. The van der Waals surface area contributed by atoms with Crippen LogP contribution in [0.3, 0.4) is 0 Å². The lowest BCUT2D eigenvalue weighted by Gasteiger charge is -2.18. The lowest BCUT2D eigenvalue weighted by atomic mass is 10.1. The summed E-state index contributed by atoms with van der Waals surface area (Å²) in [6.07, 6.45) is 1.16. The third-order valence-corrected chi connectivity index (χ3v) is 2.03. The Bertz CT molecular complexity index is 241. The van der Waals surface area contributed by atoms with Crippen molar-refractivity contribution < 1.29 is 19.8 Å². The van der Waals surface area contributed by atoms with Gasteiger partial charge in [-0.15, -0.1) is 0 Å². The summed E-state index contributed by atoms with van der Waals surface area (Å²) in [6, 6.07) is 0. The molecule has 0 saturated carbocycles. The fraction of sp³-hybridized carbons (Fsp3) is 0.800. The molecular weight excluding hydrogens is 212 g/mol. The lowest BCUT2D eigenvalue weighted by molar-refractivity contribution is -0.156. The zero-order valence-electron chi connectivity index (χ0n) is 9.75. The fourth-order valence-electron chi connectivity index (χ4n) is 0.962. The average molecular weight is 232 g/mol. The number of nitrogens with one attached hydrogen (secondary N) is 2. The highest BCUT2D eigenvalue weighted by Crippen LogP contribution is 2.00. The molecule has 0 saturated heterocycles. The maximum absolute atomic E-state index is 11.1. The number of aliphatic carboxylic acids is 1. The van der Waals surface area contributed by atoms with Crippen molar-refractivity contribution in [2.75, 3.05) is 19.6 Å². The standard InChI is InChI=1S/C10H20N2O4/c1-3-5-12-8(13)4-6-11-7-10(2,16)9(14)15/h11,16H,3-7H2,1-2H3,(H,12,13)(H,14,15). The van der Waals surface area contributed by atoms with E-state index in [0.29, 0.717) is 13.1 Å². The number of aliphatic hydroxyl groups is 1. The quantitative estimate of drug-likeness (QED) is 0.416. The van der Waals surface area contributed by atoms with Crippen molar-refractivity contribution in [3.8, 4) is 0 Å². The predicted molar refractivity (Wildman–Crippen MR) is 59.0 cm³/mol. The van der Waals surface area contributed by atoms with Crippen molar-refractivity contribution in [1.82, 2.24) is 10.6 Å². The maximum Gasteiger partial charge on any atom is 0.336 e. The molecule has 1 unspecified atom stereocenters. The van der Waals surface area contributed by atoms with Crippen LogP contribution in [-0.4, -0.2) is 47.3 Å². The number of carbonyl (C=O) groups is 2. The van der Waals surface area contributed by atoms with Gasteiger partial charge in [0.25, 0.3) is 0 Å². The van der Waals surface area contributed by atoms with Gasteiger partial charge in [-0.25, -0.2) is 4.79 Å². The van der Waals surface area contributed by atoms with E-state index >= 15 is 0 Å². The third-order valence-electron chi connectivity index (χ3n) is 2.03. The van der Waals surface area contributed by atoms with E-state index in [1.165, 1.54) is 6.92 Å². The van der Waals surface area contributed by atoms with Gasteiger partial charge in [0.1, 0.15) is 0 Å². The summed E-state index contributed by atoms with van der Waals surface area (Å²) in [5.74, 6) is -1.36. The van der Waals surface area contributed by atoms with Crippen LogP contribution in [0, 0.1) is 0 Å². The van der Waals surface area contributed by atoms with E-state index in [4.69, 9.17) is 5.11 Å².